The summed E-state index contributed by atoms with van der Waals surface area (Å²) in [6.45, 7) is 6.52. The highest BCUT2D eigenvalue weighted by molar-refractivity contribution is 4.57. The van der Waals surface area contributed by atoms with E-state index < -0.39 is 0 Å². The van der Waals surface area contributed by atoms with Crippen LogP contribution in [0.25, 0.3) is 0 Å². The largest absolute Gasteiger partial charge is 0.236 e. The lowest BCUT2D eigenvalue weighted by Crippen LogP contribution is -2.15. The fraction of sp³-hybridized carbons (Fsp3) is 1.00. The van der Waals surface area contributed by atoms with Crippen LogP contribution in [-0.2, 0) is 14.9 Å². The molecule has 0 atom stereocenters. The molecule has 3 heteroatoms. The smallest absolute Gasteiger partial charge is 0.109 e. The molecule has 0 aromatic heterocycles. The molecular weight excluding hydrogens is 132 g/mol. The highest BCUT2D eigenvalue weighted by Crippen LogP contribution is 2.12. The molecular formula is C7H15O3. The first kappa shape index (κ1) is 9.88. The topological polar surface area (TPSA) is 38.4 Å². The van der Waals surface area contributed by atoms with Crippen molar-refractivity contribution in [2.24, 2.45) is 5.41 Å². The Hall–Kier alpha value is -0.120. The van der Waals surface area contributed by atoms with Gasteiger partial charge in [-0.15, -0.1) is 0 Å². The second-order valence-electron chi connectivity index (χ2n) is 3.35. The Morgan fingerprint density at radius 3 is 2.20 bits per heavy atom. The Labute approximate surface area is 61.9 Å². The monoisotopic (exact) mass is 147 g/mol. The zero-order valence-electron chi connectivity index (χ0n) is 6.85. The number of hydrogen-bond donors (Lipinski definition) is 0. The van der Waals surface area contributed by atoms with E-state index >= 15 is 0 Å². The summed E-state index contributed by atoms with van der Waals surface area (Å²) in [6, 6.07) is 0. The van der Waals surface area contributed by atoms with Crippen LogP contribution in [0, 0.1) is 5.41 Å². The van der Waals surface area contributed by atoms with Crippen LogP contribution in [0.1, 0.15) is 20.8 Å². The standard InChI is InChI=1S/C7H15O3/c1-7(2,3)6-10-9-5-4-8/h4-6H2,1-3H3. The van der Waals surface area contributed by atoms with Gasteiger partial charge in [0.1, 0.15) is 13.2 Å². The van der Waals surface area contributed by atoms with Crippen LogP contribution in [0.15, 0.2) is 0 Å². The van der Waals surface area contributed by atoms with Crippen LogP contribution < -0.4 is 0 Å². The highest BCUT2D eigenvalue weighted by atomic mass is 17.2. The molecule has 0 amide bonds. The number of hydrogen-bond acceptors (Lipinski definition) is 2. The van der Waals surface area contributed by atoms with E-state index in [1.165, 1.54) is 0 Å². The van der Waals surface area contributed by atoms with Crippen molar-refractivity contribution in [2.75, 3.05) is 19.8 Å². The molecule has 0 aromatic carbocycles. The lowest BCUT2D eigenvalue weighted by molar-refractivity contribution is -0.311. The zero-order chi connectivity index (χ0) is 8.04. The molecule has 0 saturated heterocycles. The Morgan fingerprint density at radius 1 is 1.20 bits per heavy atom. The van der Waals surface area contributed by atoms with Gasteiger partial charge in [-0.25, -0.2) is 14.9 Å². The van der Waals surface area contributed by atoms with Crippen molar-refractivity contribution in [3.63, 3.8) is 0 Å². The summed E-state index contributed by atoms with van der Waals surface area (Å²) in [4.78, 5) is 9.28. The predicted molar refractivity (Wildman–Crippen MR) is 36.9 cm³/mol. The van der Waals surface area contributed by atoms with Crippen molar-refractivity contribution in [3.05, 3.63) is 0 Å². The van der Waals surface area contributed by atoms with Gasteiger partial charge >= 0.3 is 0 Å². The first-order chi connectivity index (χ1) is 4.56. The molecule has 3 nitrogen and oxygen atoms in total. The van der Waals surface area contributed by atoms with Crippen molar-refractivity contribution in [2.45, 2.75) is 20.8 Å². The molecule has 0 saturated carbocycles. The van der Waals surface area contributed by atoms with Crippen LogP contribution >= 0.6 is 0 Å². The summed E-state index contributed by atoms with van der Waals surface area (Å²) in [5, 5.41) is 9.85. The summed E-state index contributed by atoms with van der Waals surface area (Å²) < 4.78 is 0. The van der Waals surface area contributed by atoms with Crippen LogP contribution in [0.3, 0.4) is 0 Å². The first-order valence-electron chi connectivity index (χ1n) is 3.39. The van der Waals surface area contributed by atoms with Crippen LogP contribution in [0.2, 0.25) is 0 Å². The summed E-state index contributed by atoms with van der Waals surface area (Å²) in [7, 11) is 0. The molecule has 61 valence electrons. The van der Waals surface area contributed by atoms with E-state index in [1.54, 1.807) is 0 Å². The molecule has 10 heavy (non-hydrogen) atoms. The Bertz CT molecular complexity index is 75.4. The van der Waals surface area contributed by atoms with Crippen molar-refractivity contribution >= 4 is 0 Å². The fourth-order valence-electron chi connectivity index (χ4n) is 0.311. The van der Waals surface area contributed by atoms with Crippen molar-refractivity contribution < 1.29 is 14.9 Å². The van der Waals surface area contributed by atoms with Gasteiger partial charge in [0.05, 0.1) is 6.61 Å². The molecule has 0 aliphatic heterocycles. The van der Waals surface area contributed by atoms with Gasteiger partial charge in [-0.1, -0.05) is 20.8 Å². The van der Waals surface area contributed by atoms with Crippen LogP contribution in [-0.4, -0.2) is 19.8 Å². The fourth-order valence-corrected chi connectivity index (χ4v) is 0.311. The Balaban J connectivity index is 3.04. The Morgan fingerprint density at radius 2 is 1.80 bits per heavy atom. The maximum Gasteiger partial charge on any atom is 0.109 e. The highest BCUT2D eigenvalue weighted by Gasteiger charge is 2.10. The minimum Gasteiger partial charge on any atom is -0.236 e. The van der Waals surface area contributed by atoms with E-state index in [-0.39, 0.29) is 18.6 Å². The second kappa shape index (κ2) is 4.66. The molecule has 0 rings (SSSR count). The van der Waals surface area contributed by atoms with Crippen molar-refractivity contribution in [3.8, 4) is 0 Å². The van der Waals surface area contributed by atoms with Gasteiger partial charge in [-0.05, 0) is 5.41 Å². The summed E-state index contributed by atoms with van der Waals surface area (Å²) in [6.07, 6.45) is 0. The minimum atomic E-state index is -0.246. The maximum atomic E-state index is 9.85. The quantitative estimate of drug-likeness (QED) is 0.342. The van der Waals surface area contributed by atoms with Crippen molar-refractivity contribution in [1.29, 1.82) is 0 Å². The normalized spacial score (nSPS) is 12.0. The van der Waals surface area contributed by atoms with E-state index in [0.29, 0.717) is 6.61 Å². The van der Waals surface area contributed by atoms with Gasteiger partial charge < -0.3 is 0 Å². The van der Waals surface area contributed by atoms with E-state index in [2.05, 4.69) is 4.89 Å². The van der Waals surface area contributed by atoms with Gasteiger partial charge in [-0.3, -0.25) is 0 Å². The first-order valence-corrected chi connectivity index (χ1v) is 3.39. The van der Waals surface area contributed by atoms with Crippen molar-refractivity contribution in [1.82, 2.24) is 0 Å². The predicted octanol–water partition coefficient (Wildman–Crippen LogP) is 1.41. The van der Waals surface area contributed by atoms with Gasteiger partial charge in [-0.2, -0.15) is 0 Å². The van der Waals surface area contributed by atoms with Gasteiger partial charge in [0, 0.05) is 0 Å². The minimum absolute atomic E-state index is 0.100. The molecule has 0 fully saturated rings. The van der Waals surface area contributed by atoms with Gasteiger partial charge in [0.25, 0.3) is 0 Å². The van der Waals surface area contributed by atoms with E-state index in [1.807, 2.05) is 20.8 Å². The van der Waals surface area contributed by atoms with E-state index in [0.717, 1.165) is 0 Å². The maximum absolute atomic E-state index is 9.85. The Kier molecular flexibility index (Phi) is 4.60. The molecule has 0 bridgehead atoms. The van der Waals surface area contributed by atoms with E-state index in [9.17, 15) is 5.11 Å². The third-order valence-electron chi connectivity index (χ3n) is 0.742. The number of rotatable bonds is 4. The summed E-state index contributed by atoms with van der Waals surface area (Å²) >= 11 is 0. The van der Waals surface area contributed by atoms with Gasteiger partial charge in [0.15, 0.2) is 0 Å². The van der Waals surface area contributed by atoms with Crippen LogP contribution in [0.4, 0.5) is 0 Å². The lowest BCUT2D eigenvalue weighted by atomic mass is 9.99. The van der Waals surface area contributed by atoms with Crippen LogP contribution in [0.5, 0.6) is 0 Å². The zero-order valence-corrected chi connectivity index (χ0v) is 6.85. The molecule has 0 heterocycles. The molecule has 0 spiro atoms. The molecule has 0 aliphatic rings. The summed E-state index contributed by atoms with van der Waals surface area (Å²) in [5.41, 5.74) is 0.100. The lowest BCUT2D eigenvalue weighted by Gasteiger charge is -2.16. The van der Waals surface area contributed by atoms with Gasteiger partial charge in [0.2, 0.25) is 0 Å². The third-order valence-corrected chi connectivity index (χ3v) is 0.742. The molecule has 0 unspecified atom stereocenters. The molecule has 0 aliphatic carbocycles. The SMILES string of the molecule is CC(C)(C)COOCC[O]. The average Bonchev–Trinajstić information content (AvgIpc) is 1.78. The molecule has 0 N–H and O–H groups in total. The summed E-state index contributed by atoms with van der Waals surface area (Å²) in [5.74, 6) is 0. The van der Waals surface area contributed by atoms with E-state index in [4.69, 9.17) is 4.89 Å². The molecule has 0 aromatic rings. The average molecular weight is 147 g/mol. The third kappa shape index (κ3) is 7.88. The molecule has 1 radical (unpaired) electrons. The second-order valence-corrected chi connectivity index (χ2v) is 3.35.